The monoisotopic (exact) mass is 283 g/mol. The summed E-state index contributed by atoms with van der Waals surface area (Å²) in [4.78, 5) is 24.7. The summed E-state index contributed by atoms with van der Waals surface area (Å²) >= 11 is 5.70. The van der Waals surface area contributed by atoms with Crippen LogP contribution < -0.4 is 4.90 Å². The zero-order chi connectivity index (χ0) is 14.2. The summed E-state index contributed by atoms with van der Waals surface area (Å²) < 4.78 is 18.7. The molecule has 1 aliphatic heterocycles. The van der Waals surface area contributed by atoms with Crippen LogP contribution in [0.15, 0.2) is 17.8 Å². The number of hydrogen-bond acceptors (Lipinski definition) is 4. The Balaban J connectivity index is 2.64. The van der Waals surface area contributed by atoms with Gasteiger partial charge in [0.15, 0.2) is 6.10 Å². The number of ether oxygens (including phenoxy) is 1. The van der Waals surface area contributed by atoms with Gasteiger partial charge in [-0.3, -0.25) is 4.79 Å². The Labute approximate surface area is 114 Å². The van der Waals surface area contributed by atoms with Gasteiger partial charge in [0.1, 0.15) is 17.5 Å². The highest BCUT2D eigenvalue weighted by Crippen LogP contribution is 2.35. The van der Waals surface area contributed by atoms with E-state index in [1.54, 1.807) is 19.9 Å². The van der Waals surface area contributed by atoms with Crippen LogP contribution in [0.4, 0.5) is 10.1 Å². The van der Waals surface area contributed by atoms with E-state index in [1.165, 1.54) is 11.0 Å². The van der Waals surface area contributed by atoms with Gasteiger partial charge in [0, 0.05) is 19.2 Å². The van der Waals surface area contributed by atoms with E-state index in [9.17, 15) is 14.0 Å². The molecule has 0 amide bonds. The van der Waals surface area contributed by atoms with Crippen LogP contribution in [0.25, 0.3) is 0 Å². The van der Waals surface area contributed by atoms with E-state index in [2.05, 4.69) is 0 Å². The molecule has 0 radical (unpaired) electrons. The lowest BCUT2D eigenvalue weighted by molar-refractivity contribution is 0.0559. The molecule has 1 heterocycles. The average molecular weight is 284 g/mol. The molecular weight excluding hydrogens is 273 g/mol. The maximum atomic E-state index is 13.5. The summed E-state index contributed by atoms with van der Waals surface area (Å²) in [6, 6.07) is 2.37. The van der Waals surface area contributed by atoms with Gasteiger partial charge in [-0.1, -0.05) is 11.6 Å². The second-order valence-electron chi connectivity index (χ2n) is 4.03. The molecule has 4 nitrogen and oxygen atoms in total. The molecule has 0 saturated carbocycles. The summed E-state index contributed by atoms with van der Waals surface area (Å²) in [6.45, 7) is 1.95. The Morgan fingerprint density at radius 2 is 2.21 bits per heavy atom. The first kappa shape index (κ1) is 13.7. The van der Waals surface area contributed by atoms with Crippen LogP contribution in [-0.2, 0) is 9.53 Å². The minimum atomic E-state index is -1.06. The number of hydrogen-bond donors (Lipinski definition) is 0. The molecule has 0 bridgehead atoms. The molecule has 0 aromatic heterocycles. The maximum Gasteiger partial charge on any atom is 0.200 e. The molecule has 0 saturated heterocycles. The van der Waals surface area contributed by atoms with Gasteiger partial charge in [-0.15, -0.1) is 0 Å². The summed E-state index contributed by atoms with van der Waals surface area (Å²) in [7, 11) is 1.58. The summed E-state index contributed by atoms with van der Waals surface area (Å²) in [5, 5.41) is -0.112. The van der Waals surface area contributed by atoms with Crippen LogP contribution in [0.5, 0.6) is 0 Å². The van der Waals surface area contributed by atoms with Gasteiger partial charge in [-0.05, 0) is 19.1 Å². The quantitative estimate of drug-likeness (QED) is 0.781. The van der Waals surface area contributed by atoms with Gasteiger partial charge in [-0.2, -0.15) is 0 Å². The van der Waals surface area contributed by atoms with Crippen LogP contribution in [-0.4, -0.2) is 31.5 Å². The van der Waals surface area contributed by atoms with Gasteiger partial charge in [0.25, 0.3) is 0 Å². The molecule has 0 N–H and O–H groups in total. The van der Waals surface area contributed by atoms with Crippen molar-refractivity contribution in [1.82, 2.24) is 0 Å². The van der Waals surface area contributed by atoms with Crippen molar-refractivity contribution in [2.24, 2.45) is 0 Å². The number of nitrogens with zero attached hydrogens (tertiary/aromatic N) is 1. The molecule has 1 atom stereocenters. The number of likely N-dealkylation sites (N-methyl/N-ethyl adjacent to an activating group) is 1. The fourth-order valence-electron chi connectivity index (χ4n) is 2.03. The molecule has 1 unspecified atom stereocenters. The van der Waals surface area contributed by atoms with Crippen molar-refractivity contribution in [2.75, 3.05) is 18.6 Å². The third-order valence-electron chi connectivity index (χ3n) is 2.95. The van der Waals surface area contributed by atoms with Gasteiger partial charge in [0.2, 0.25) is 5.78 Å². The number of carbonyl (C=O) groups excluding carboxylic acids is 2. The molecule has 1 aromatic rings. The summed E-state index contributed by atoms with van der Waals surface area (Å²) in [5.41, 5.74) is 0.564. The van der Waals surface area contributed by atoms with Crippen LogP contribution >= 0.6 is 11.6 Å². The minimum absolute atomic E-state index is 0.0574. The number of carbonyl (C=O) groups is 1. The molecular formula is C13H11ClFNO3. The predicted molar refractivity (Wildman–Crippen MR) is 68.8 cm³/mol. The summed E-state index contributed by atoms with van der Waals surface area (Å²) in [6.07, 6.45) is -1.06. The smallest absolute Gasteiger partial charge is 0.200 e. The van der Waals surface area contributed by atoms with Crippen molar-refractivity contribution in [2.45, 2.75) is 13.0 Å². The normalized spacial score (nSPS) is 18.3. The topological polar surface area (TPSA) is 46.6 Å². The first-order valence-electron chi connectivity index (χ1n) is 5.64. The lowest BCUT2D eigenvalue weighted by Crippen LogP contribution is -2.40. The van der Waals surface area contributed by atoms with E-state index in [0.29, 0.717) is 5.69 Å². The van der Waals surface area contributed by atoms with E-state index in [0.717, 1.165) is 6.07 Å². The van der Waals surface area contributed by atoms with E-state index in [4.69, 9.17) is 16.3 Å². The van der Waals surface area contributed by atoms with Crippen molar-refractivity contribution in [3.05, 3.63) is 34.2 Å². The van der Waals surface area contributed by atoms with Gasteiger partial charge < -0.3 is 9.64 Å². The van der Waals surface area contributed by atoms with Crippen LogP contribution in [0.2, 0.25) is 5.02 Å². The van der Waals surface area contributed by atoms with Crippen LogP contribution in [0.1, 0.15) is 17.3 Å². The molecule has 1 aromatic carbocycles. The number of Topliss-reactive ketones (excluding diaryl/α,β-unsaturated/α-hetero) is 1. The van der Waals surface area contributed by atoms with E-state index in [-0.39, 0.29) is 22.9 Å². The fraction of sp³-hybridized carbons (Fsp3) is 0.308. The van der Waals surface area contributed by atoms with Gasteiger partial charge in [0.05, 0.1) is 10.7 Å². The zero-order valence-corrected chi connectivity index (χ0v) is 11.1. The molecule has 19 heavy (non-hydrogen) atoms. The molecule has 0 fully saturated rings. The van der Waals surface area contributed by atoms with E-state index < -0.39 is 17.7 Å². The second kappa shape index (κ2) is 5.13. The third kappa shape index (κ3) is 2.16. The minimum Gasteiger partial charge on any atom is -0.363 e. The Kier molecular flexibility index (Phi) is 3.71. The highest BCUT2D eigenvalue weighted by Gasteiger charge is 2.37. The van der Waals surface area contributed by atoms with Gasteiger partial charge >= 0.3 is 0 Å². The van der Waals surface area contributed by atoms with Crippen molar-refractivity contribution >= 4 is 29.0 Å². The number of rotatable bonds is 2. The second-order valence-corrected chi connectivity index (χ2v) is 4.44. The Morgan fingerprint density at radius 3 is 2.79 bits per heavy atom. The SMILES string of the molecule is CCOC1C(=O)c2cc(F)c(Cl)cc2N(C)C1=C=O. The molecule has 2 rings (SSSR count). The Bertz CT molecular complexity index is 596. The number of anilines is 1. The van der Waals surface area contributed by atoms with Crippen molar-refractivity contribution in [3.8, 4) is 0 Å². The number of ketones is 1. The van der Waals surface area contributed by atoms with Crippen LogP contribution in [0, 0.1) is 5.82 Å². The fourth-order valence-corrected chi connectivity index (χ4v) is 2.18. The predicted octanol–water partition coefficient (Wildman–Crippen LogP) is 2.23. The van der Waals surface area contributed by atoms with E-state index >= 15 is 0 Å². The molecule has 0 spiro atoms. The largest absolute Gasteiger partial charge is 0.363 e. The molecule has 1 aliphatic rings. The van der Waals surface area contributed by atoms with Crippen LogP contribution in [0.3, 0.4) is 0 Å². The molecule has 100 valence electrons. The van der Waals surface area contributed by atoms with Gasteiger partial charge in [-0.25, -0.2) is 9.18 Å². The Morgan fingerprint density at radius 1 is 1.53 bits per heavy atom. The average Bonchev–Trinajstić information content (AvgIpc) is 2.39. The number of benzene rings is 1. The van der Waals surface area contributed by atoms with Crippen molar-refractivity contribution in [3.63, 3.8) is 0 Å². The maximum absolute atomic E-state index is 13.5. The highest BCUT2D eigenvalue weighted by molar-refractivity contribution is 6.31. The first-order valence-corrected chi connectivity index (χ1v) is 6.02. The highest BCUT2D eigenvalue weighted by atomic mass is 35.5. The zero-order valence-electron chi connectivity index (χ0n) is 10.4. The summed E-state index contributed by atoms with van der Waals surface area (Å²) in [5.74, 6) is 0.551. The van der Waals surface area contributed by atoms with E-state index in [1.807, 2.05) is 0 Å². The van der Waals surface area contributed by atoms with Crippen molar-refractivity contribution < 1.29 is 18.7 Å². The number of fused-ring (bicyclic) bond motifs is 1. The standard InChI is InChI=1S/C13H11ClFNO3/c1-3-19-13-11(6-17)16(2)10-5-8(14)9(15)4-7(10)12(13)18/h4-5,13H,3H2,1-2H3. The number of halogens is 2. The molecule has 6 heteroatoms. The molecule has 0 aliphatic carbocycles. The lowest BCUT2D eigenvalue weighted by atomic mass is 9.96. The Hall–Kier alpha value is -1.68. The first-order chi connectivity index (χ1) is 9.01. The third-order valence-corrected chi connectivity index (χ3v) is 3.24. The lowest BCUT2D eigenvalue weighted by Gasteiger charge is -2.32. The van der Waals surface area contributed by atoms with Crippen molar-refractivity contribution in [1.29, 1.82) is 0 Å².